The lowest BCUT2D eigenvalue weighted by Gasteiger charge is -1.99. The summed E-state index contributed by atoms with van der Waals surface area (Å²) in [6, 6.07) is 7.06. The van der Waals surface area contributed by atoms with E-state index in [0.717, 1.165) is 0 Å². The number of aromatic hydroxyl groups is 2. The zero-order chi connectivity index (χ0) is 13.0. The molecule has 1 aromatic heterocycles. The summed E-state index contributed by atoms with van der Waals surface area (Å²) in [5, 5.41) is 22.3. The Morgan fingerprint density at radius 1 is 1.33 bits per heavy atom. The van der Waals surface area contributed by atoms with Gasteiger partial charge >= 0.3 is 5.91 Å². The van der Waals surface area contributed by atoms with E-state index in [2.05, 4.69) is 10.5 Å². The zero-order valence-electron chi connectivity index (χ0n) is 9.20. The van der Waals surface area contributed by atoms with E-state index >= 15 is 0 Å². The van der Waals surface area contributed by atoms with E-state index in [0.29, 0.717) is 0 Å². The summed E-state index contributed by atoms with van der Waals surface area (Å²) in [6.07, 6.45) is 2.59. The minimum Gasteiger partial charge on any atom is -0.508 e. The minimum atomic E-state index is -0.504. The molecule has 0 atom stereocenters. The molecule has 0 bridgehead atoms. The Morgan fingerprint density at radius 3 is 2.89 bits per heavy atom. The van der Waals surface area contributed by atoms with Crippen LogP contribution in [0, 0.1) is 0 Å². The van der Waals surface area contributed by atoms with Crippen LogP contribution in [0.1, 0.15) is 16.1 Å². The summed E-state index contributed by atoms with van der Waals surface area (Å²) in [7, 11) is 0. The first kappa shape index (κ1) is 11.7. The molecule has 0 aliphatic carbocycles. The summed E-state index contributed by atoms with van der Waals surface area (Å²) in [6.45, 7) is 0. The van der Waals surface area contributed by atoms with Gasteiger partial charge in [-0.1, -0.05) is 0 Å². The Labute approximate surface area is 102 Å². The van der Waals surface area contributed by atoms with Crippen molar-refractivity contribution >= 4 is 12.1 Å². The maximum Gasteiger partial charge on any atom is 0.307 e. The summed E-state index contributed by atoms with van der Waals surface area (Å²) in [5.74, 6) is -0.432. The number of amides is 1. The highest BCUT2D eigenvalue weighted by molar-refractivity contribution is 5.92. The van der Waals surface area contributed by atoms with E-state index < -0.39 is 5.91 Å². The Balaban J connectivity index is 2.03. The first-order chi connectivity index (χ1) is 8.66. The van der Waals surface area contributed by atoms with E-state index in [4.69, 9.17) is 4.42 Å². The highest BCUT2D eigenvalue weighted by Gasteiger charge is 2.06. The number of rotatable bonds is 3. The molecule has 0 saturated heterocycles. The van der Waals surface area contributed by atoms with Gasteiger partial charge in [0, 0.05) is 5.56 Å². The van der Waals surface area contributed by atoms with Crippen LogP contribution in [-0.4, -0.2) is 22.3 Å². The topological polar surface area (TPSA) is 95.1 Å². The monoisotopic (exact) mass is 246 g/mol. The summed E-state index contributed by atoms with van der Waals surface area (Å²) in [4.78, 5) is 11.4. The maximum absolute atomic E-state index is 11.4. The van der Waals surface area contributed by atoms with Crippen LogP contribution in [0.5, 0.6) is 11.5 Å². The largest absolute Gasteiger partial charge is 0.508 e. The first-order valence-corrected chi connectivity index (χ1v) is 5.06. The molecule has 18 heavy (non-hydrogen) atoms. The molecule has 2 rings (SSSR count). The lowest BCUT2D eigenvalue weighted by atomic mass is 10.2. The van der Waals surface area contributed by atoms with Crippen molar-refractivity contribution in [1.29, 1.82) is 0 Å². The van der Waals surface area contributed by atoms with Crippen molar-refractivity contribution < 1.29 is 19.4 Å². The molecule has 1 aromatic carbocycles. The highest BCUT2D eigenvalue weighted by Crippen LogP contribution is 2.19. The van der Waals surface area contributed by atoms with Crippen LogP contribution in [-0.2, 0) is 0 Å². The number of carbonyl (C=O) groups excluding carboxylic acids is 1. The van der Waals surface area contributed by atoms with Crippen LogP contribution in [0.25, 0.3) is 0 Å². The van der Waals surface area contributed by atoms with Crippen molar-refractivity contribution in [1.82, 2.24) is 5.43 Å². The number of hydrogen-bond donors (Lipinski definition) is 3. The third-order valence-corrected chi connectivity index (χ3v) is 2.13. The number of phenolic OH excluding ortho intramolecular Hbond substituents is 2. The van der Waals surface area contributed by atoms with Crippen LogP contribution in [0.2, 0.25) is 0 Å². The Hall–Kier alpha value is -2.76. The van der Waals surface area contributed by atoms with Crippen LogP contribution < -0.4 is 5.43 Å². The Morgan fingerprint density at radius 2 is 2.17 bits per heavy atom. The summed E-state index contributed by atoms with van der Waals surface area (Å²) >= 11 is 0. The quantitative estimate of drug-likeness (QED) is 0.434. The third-order valence-electron chi connectivity index (χ3n) is 2.13. The van der Waals surface area contributed by atoms with Crippen LogP contribution >= 0.6 is 0 Å². The fourth-order valence-corrected chi connectivity index (χ4v) is 1.27. The summed E-state index contributed by atoms with van der Waals surface area (Å²) in [5.41, 5.74) is 2.51. The van der Waals surface area contributed by atoms with Crippen LogP contribution in [0.15, 0.2) is 46.1 Å². The average Bonchev–Trinajstić information content (AvgIpc) is 2.87. The van der Waals surface area contributed by atoms with Crippen molar-refractivity contribution in [2.45, 2.75) is 0 Å². The molecule has 1 heterocycles. The maximum atomic E-state index is 11.4. The molecule has 3 N–H and O–H groups in total. The van der Waals surface area contributed by atoms with Gasteiger partial charge in [0.1, 0.15) is 11.5 Å². The second kappa shape index (κ2) is 5.05. The van der Waals surface area contributed by atoms with Crippen molar-refractivity contribution in [3.63, 3.8) is 0 Å². The number of carbonyl (C=O) groups is 1. The number of hydrazone groups is 1. The molecule has 0 aliphatic rings. The number of benzene rings is 1. The van der Waals surface area contributed by atoms with E-state index in [1.165, 1.54) is 36.7 Å². The molecule has 0 fully saturated rings. The molecule has 2 aromatic rings. The normalized spacial score (nSPS) is 10.7. The number of hydrogen-bond acceptors (Lipinski definition) is 5. The van der Waals surface area contributed by atoms with Crippen molar-refractivity contribution in [3.8, 4) is 11.5 Å². The molecule has 1 amide bonds. The lowest BCUT2D eigenvalue weighted by Crippen LogP contribution is -2.16. The fourth-order valence-electron chi connectivity index (χ4n) is 1.27. The standard InChI is InChI=1S/C12H10N2O4/c15-9-3-4-10(16)8(6-9)7-13-14-12(17)11-2-1-5-18-11/h1-7,15-16H,(H,14,17)/b13-7-. The number of phenols is 2. The second-order valence-corrected chi connectivity index (χ2v) is 3.42. The molecule has 0 saturated carbocycles. The van der Waals surface area contributed by atoms with Gasteiger partial charge in [-0.15, -0.1) is 0 Å². The molecular formula is C12H10N2O4. The van der Waals surface area contributed by atoms with Gasteiger partial charge in [-0.05, 0) is 30.3 Å². The van der Waals surface area contributed by atoms with Crippen molar-refractivity contribution in [3.05, 3.63) is 47.9 Å². The number of furan rings is 1. The van der Waals surface area contributed by atoms with Gasteiger partial charge in [0.05, 0.1) is 12.5 Å². The van der Waals surface area contributed by atoms with E-state index in [-0.39, 0.29) is 22.8 Å². The van der Waals surface area contributed by atoms with Crippen molar-refractivity contribution in [2.24, 2.45) is 5.10 Å². The fraction of sp³-hybridized carbons (Fsp3) is 0. The number of nitrogens with one attached hydrogen (secondary N) is 1. The predicted octanol–water partition coefficient (Wildman–Crippen LogP) is 1.45. The molecular weight excluding hydrogens is 236 g/mol. The molecule has 92 valence electrons. The predicted molar refractivity (Wildman–Crippen MR) is 63.5 cm³/mol. The molecule has 6 heteroatoms. The van der Waals surface area contributed by atoms with Gasteiger partial charge in [0.25, 0.3) is 0 Å². The van der Waals surface area contributed by atoms with Gasteiger partial charge in [-0.25, -0.2) is 5.43 Å². The van der Waals surface area contributed by atoms with Gasteiger partial charge in [0.15, 0.2) is 5.76 Å². The first-order valence-electron chi connectivity index (χ1n) is 5.06. The van der Waals surface area contributed by atoms with Gasteiger partial charge in [-0.3, -0.25) is 4.79 Å². The number of nitrogens with zero attached hydrogens (tertiary/aromatic N) is 1. The van der Waals surface area contributed by atoms with Crippen LogP contribution in [0.4, 0.5) is 0 Å². The summed E-state index contributed by atoms with van der Waals surface area (Å²) < 4.78 is 4.87. The molecule has 0 spiro atoms. The zero-order valence-corrected chi connectivity index (χ0v) is 9.20. The molecule has 0 radical (unpaired) electrons. The van der Waals surface area contributed by atoms with E-state index in [1.54, 1.807) is 6.07 Å². The second-order valence-electron chi connectivity index (χ2n) is 3.42. The Kier molecular flexibility index (Phi) is 3.29. The molecule has 0 aliphatic heterocycles. The van der Waals surface area contributed by atoms with Gasteiger partial charge < -0.3 is 14.6 Å². The molecule has 6 nitrogen and oxygen atoms in total. The van der Waals surface area contributed by atoms with Gasteiger partial charge in [-0.2, -0.15) is 5.10 Å². The van der Waals surface area contributed by atoms with Crippen LogP contribution in [0.3, 0.4) is 0 Å². The smallest absolute Gasteiger partial charge is 0.307 e. The van der Waals surface area contributed by atoms with Gasteiger partial charge in [0.2, 0.25) is 0 Å². The van der Waals surface area contributed by atoms with E-state index in [9.17, 15) is 15.0 Å². The van der Waals surface area contributed by atoms with E-state index in [1.807, 2.05) is 0 Å². The third kappa shape index (κ3) is 2.67. The molecule has 0 unspecified atom stereocenters. The average molecular weight is 246 g/mol. The SMILES string of the molecule is O=C(N/N=C\c1cc(O)ccc1O)c1ccco1. The minimum absolute atomic E-state index is 0.00777. The Bertz CT molecular complexity index is 576. The van der Waals surface area contributed by atoms with Crippen molar-refractivity contribution in [2.75, 3.05) is 0 Å². The lowest BCUT2D eigenvalue weighted by molar-refractivity contribution is 0.0927. The highest BCUT2D eigenvalue weighted by atomic mass is 16.3.